The van der Waals surface area contributed by atoms with E-state index in [9.17, 15) is 19.2 Å². The van der Waals surface area contributed by atoms with Crippen molar-refractivity contribution >= 4 is 40.6 Å². The fourth-order valence-electron chi connectivity index (χ4n) is 6.05. The van der Waals surface area contributed by atoms with Gasteiger partial charge in [-0.1, -0.05) is 42.5 Å². The van der Waals surface area contributed by atoms with E-state index in [0.29, 0.717) is 19.6 Å². The van der Waals surface area contributed by atoms with Crippen molar-refractivity contribution < 1.29 is 24.4 Å². The second-order valence-corrected chi connectivity index (χ2v) is 11.2. The van der Waals surface area contributed by atoms with Gasteiger partial charge in [-0.2, -0.15) is 0 Å². The van der Waals surface area contributed by atoms with Crippen molar-refractivity contribution in [3.05, 3.63) is 89.1 Å². The van der Waals surface area contributed by atoms with Gasteiger partial charge in [0.2, 0.25) is 5.91 Å². The summed E-state index contributed by atoms with van der Waals surface area (Å²) in [7, 11) is 0. The highest BCUT2D eigenvalue weighted by molar-refractivity contribution is 6.12. The molecular formula is C33H36N4O5. The van der Waals surface area contributed by atoms with E-state index < -0.39 is 5.91 Å². The summed E-state index contributed by atoms with van der Waals surface area (Å²) in [6.45, 7) is 3.51. The lowest BCUT2D eigenvalue weighted by Gasteiger charge is -2.33. The number of nitrogens with one attached hydrogen (secondary N) is 2. The number of hydrogen-bond donors (Lipinski definition) is 3. The van der Waals surface area contributed by atoms with E-state index in [1.165, 1.54) is 34.1 Å². The molecule has 9 heteroatoms. The lowest BCUT2D eigenvalue weighted by Crippen LogP contribution is -2.40. The molecule has 2 aromatic carbocycles. The molecule has 0 unspecified atom stereocenters. The number of rotatable bonds is 10. The summed E-state index contributed by atoms with van der Waals surface area (Å²) >= 11 is 0. The number of H-pyrrole nitrogens is 1. The number of hydrogen-bond acceptors (Lipinski definition) is 5. The van der Waals surface area contributed by atoms with Crippen LogP contribution in [0.1, 0.15) is 48.1 Å². The molecule has 3 aromatic rings. The SMILES string of the molecule is Cc1[nH]c2ccccc2c1CCN(Cc1ccc(/C=C/C(=O)NO)cc1)C(=O)C1CCC(CN2C(=O)C=CC2=O)CC1. The maximum atomic E-state index is 14.0. The molecule has 1 fully saturated rings. The third kappa shape index (κ3) is 6.69. The summed E-state index contributed by atoms with van der Waals surface area (Å²) in [4.78, 5) is 56.0. The van der Waals surface area contributed by atoms with E-state index in [-0.39, 0.29) is 29.6 Å². The average Bonchev–Trinajstić information content (AvgIpc) is 3.51. The van der Waals surface area contributed by atoms with Gasteiger partial charge in [-0.25, -0.2) is 5.48 Å². The Labute approximate surface area is 244 Å². The largest absolute Gasteiger partial charge is 0.358 e. The van der Waals surface area contributed by atoms with Crippen molar-refractivity contribution in [3.8, 4) is 0 Å². The van der Waals surface area contributed by atoms with Crippen molar-refractivity contribution in [1.82, 2.24) is 20.3 Å². The Morgan fingerprint density at radius 3 is 2.40 bits per heavy atom. The number of carbonyl (C=O) groups is 4. The van der Waals surface area contributed by atoms with Crippen LogP contribution in [0.4, 0.5) is 0 Å². The van der Waals surface area contributed by atoms with Crippen LogP contribution in [0, 0.1) is 18.8 Å². The van der Waals surface area contributed by atoms with E-state index >= 15 is 0 Å². The van der Waals surface area contributed by atoms with Crippen molar-refractivity contribution in [2.24, 2.45) is 11.8 Å². The maximum absolute atomic E-state index is 14.0. The number of benzene rings is 2. The van der Waals surface area contributed by atoms with Gasteiger partial charge < -0.3 is 9.88 Å². The number of nitrogens with zero attached hydrogens (tertiary/aromatic N) is 2. The van der Waals surface area contributed by atoms with Gasteiger partial charge in [-0.15, -0.1) is 0 Å². The molecule has 2 heterocycles. The van der Waals surface area contributed by atoms with E-state index in [1.807, 2.05) is 41.3 Å². The van der Waals surface area contributed by atoms with Gasteiger partial charge in [0.1, 0.15) is 0 Å². The Morgan fingerprint density at radius 1 is 1.02 bits per heavy atom. The quantitative estimate of drug-likeness (QED) is 0.146. The zero-order chi connectivity index (χ0) is 29.6. The number of aromatic nitrogens is 1. The molecule has 0 bridgehead atoms. The summed E-state index contributed by atoms with van der Waals surface area (Å²) in [5.74, 6) is -0.881. The zero-order valence-electron chi connectivity index (χ0n) is 23.7. The first-order valence-corrected chi connectivity index (χ1v) is 14.4. The summed E-state index contributed by atoms with van der Waals surface area (Å²) in [5.41, 5.74) is 6.76. The summed E-state index contributed by atoms with van der Waals surface area (Å²) in [5, 5.41) is 9.86. The van der Waals surface area contributed by atoms with Gasteiger partial charge in [-0.05, 0) is 73.8 Å². The number of imide groups is 1. The average molecular weight is 569 g/mol. The predicted molar refractivity (Wildman–Crippen MR) is 159 cm³/mol. The maximum Gasteiger partial charge on any atom is 0.267 e. The van der Waals surface area contributed by atoms with Crippen LogP contribution in [0.5, 0.6) is 0 Å². The minimum absolute atomic E-state index is 0.104. The van der Waals surface area contributed by atoms with Crippen LogP contribution in [-0.4, -0.2) is 56.7 Å². The molecule has 1 saturated carbocycles. The predicted octanol–water partition coefficient (Wildman–Crippen LogP) is 4.30. The molecule has 4 amide bonds. The normalized spacial score (nSPS) is 18.8. The van der Waals surface area contributed by atoms with Gasteiger partial charge >= 0.3 is 0 Å². The fourth-order valence-corrected chi connectivity index (χ4v) is 6.05. The molecule has 5 rings (SSSR count). The first-order valence-electron chi connectivity index (χ1n) is 14.4. The molecule has 9 nitrogen and oxygen atoms in total. The van der Waals surface area contributed by atoms with Crippen molar-refractivity contribution in [2.75, 3.05) is 13.1 Å². The van der Waals surface area contributed by atoms with E-state index in [0.717, 1.165) is 54.4 Å². The minimum Gasteiger partial charge on any atom is -0.358 e. The molecule has 2 aliphatic rings. The van der Waals surface area contributed by atoms with Crippen LogP contribution in [-0.2, 0) is 32.1 Å². The molecule has 218 valence electrons. The lowest BCUT2D eigenvalue weighted by atomic mass is 9.81. The molecule has 0 atom stereocenters. The number of aromatic amines is 1. The Hall–Kier alpha value is -4.50. The first kappa shape index (κ1) is 29.0. The second kappa shape index (κ2) is 13.0. The highest BCUT2D eigenvalue weighted by atomic mass is 16.5. The Kier molecular flexibility index (Phi) is 8.97. The number of para-hydroxylation sites is 1. The standard InChI is InChI=1S/C33H36N4O5/c1-22-27(28-4-2-3-5-29(28)34-22)18-19-36(20-24-8-6-23(7-9-24)12-15-30(38)35-42)33(41)26-13-10-25(11-14-26)21-37-31(39)16-17-32(37)40/h2-9,12,15-17,25-26,34,42H,10-11,13-14,18-21H2,1H3,(H,35,38)/b15-12+. The Bertz CT molecular complexity index is 1510. The Morgan fingerprint density at radius 2 is 1.71 bits per heavy atom. The highest BCUT2D eigenvalue weighted by Crippen LogP contribution is 2.32. The number of carbonyl (C=O) groups excluding carboxylic acids is 4. The number of hydroxylamine groups is 1. The van der Waals surface area contributed by atoms with Gasteiger partial charge in [0, 0.05) is 60.4 Å². The molecule has 3 N–H and O–H groups in total. The molecule has 0 saturated heterocycles. The van der Waals surface area contributed by atoms with Crippen LogP contribution in [0.25, 0.3) is 17.0 Å². The van der Waals surface area contributed by atoms with Crippen LogP contribution in [0.2, 0.25) is 0 Å². The first-order chi connectivity index (χ1) is 20.3. The summed E-state index contributed by atoms with van der Waals surface area (Å²) in [6, 6.07) is 15.9. The Balaban J connectivity index is 1.28. The topological polar surface area (TPSA) is 123 Å². The smallest absolute Gasteiger partial charge is 0.267 e. The van der Waals surface area contributed by atoms with Crippen molar-refractivity contribution in [1.29, 1.82) is 0 Å². The van der Waals surface area contributed by atoms with Crippen LogP contribution >= 0.6 is 0 Å². The number of aryl methyl sites for hydroxylation is 1. The number of fused-ring (bicyclic) bond motifs is 1. The van der Waals surface area contributed by atoms with Gasteiger partial charge in [0.25, 0.3) is 17.7 Å². The van der Waals surface area contributed by atoms with E-state index in [2.05, 4.69) is 24.0 Å². The zero-order valence-corrected chi connectivity index (χ0v) is 23.7. The second-order valence-electron chi connectivity index (χ2n) is 11.2. The van der Waals surface area contributed by atoms with Gasteiger partial charge in [0.05, 0.1) is 0 Å². The minimum atomic E-state index is -0.603. The molecule has 42 heavy (non-hydrogen) atoms. The van der Waals surface area contributed by atoms with Crippen LogP contribution < -0.4 is 5.48 Å². The highest BCUT2D eigenvalue weighted by Gasteiger charge is 2.33. The molecule has 0 spiro atoms. The molecular weight excluding hydrogens is 532 g/mol. The van der Waals surface area contributed by atoms with Crippen molar-refractivity contribution in [3.63, 3.8) is 0 Å². The number of amides is 4. The molecule has 1 aliphatic carbocycles. The van der Waals surface area contributed by atoms with Gasteiger partial charge in [0.15, 0.2) is 0 Å². The van der Waals surface area contributed by atoms with Gasteiger partial charge in [-0.3, -0.25) is 29.3 Å². The van der Waals surface area contributed by atoms with Crippen LogP contribution in [0.15, 0.2) is 66.8 Å². The molecule has 1 aliphatic heterocycles. The summed E-state index contributed by atoms with van der Waals surface area (Å²) < 4.78 is 0. The van der Waals surface area contributed by atoms with E-state index in [1.54, 1.807) is 11.6 Å². The third-order valence-corrected chi connectivity index (χ3v) is 8.40. The van der Waals surface area contributed by atoms with Crippen LogP contribution in [0.3, 0.4) is 0 Å². The monoisotopic (exact) mass is 568 g/mol. The summed E-state index contributed by atoms with van der Waals surface area (Å²) in [6.07, 6.45) is 9.27. The fraction of sp³-hybridized carbons (Fsp3) is 0.333. The van der Waals surface area contributed by atoms with Crippen molar-refractivity contribution in [2.45, 2.75) is 45.6 Å². The molecule has 1 aromatic heterocycles. The lowest BCUT2D eigenvalue weighted by molar-refractivity contribution is -0.140. The van der Waals surface area contributed by atoms with E-state index in [4.69, 9.17) is 5.21 Å². The third-order valence-electron chi connectivity index (χ3n) is 8.40. The molecule has 0 radical (unpaired) electrons.